The van der Waals surface area contributed by atoms with Crippen LogP contribution in [0.4, 0.5) is 4.39 Å². The maximum atomic E-state index is 13.6. The molecule has 0 saturated carbocycles. The molecule has 6 heteroatoms. The molecule has 3 rings (SSSR count). The molecule has 1 aromatic heterocycles. The molecule has 1 aliphatic rings. The first-order valence-electron chi connectivity index (χ1n) is 6.15. The van der Waals surface area contributed by atoms with Crippen molar-refractivity contribution in [3.63, 3.8) is 0 Å². The number of benzene rings is 1. The van der Waals surface area contributed by atoms with E-state index in [4.69, 9.17) is 16.3 Å². The van der Waals surface area contributed by atoms with E-state index in [1.165, 1.54) is 6.07 Å². The minimum Gasteiger partial charge on any atom is -0.376 e. The molecule has 1 saturated heterocycles. The van der Waals surface area contributed by atoms with Gasteiger partial charge in [0.2, 0.25) is 0 Å². The molecule has 0 radical (unpaired) electrons. The smallest absolute Gasteiger partial charge is 0.139 e. The Balaban J connectivity index is 2.23. The summed E-state index contributed by atoms with van der Waals surface area (Å²) in [5.41, 5.74) is 1.53. The van der Waals surface area contributed by atoms with E-state index in [2.05, 4.69) is 25.5 Å². The minimum atomic E-state index is -0.311. The molecule has 3 nitrogen and oxygen atoms in total. The fourth-order valence-corrected chi connectivity index (χ4v) is 3.18. The molecule has 0 bridgehead atoms. The van der Waals surface area contributed by atoms with Crippen LogP contribution in [-0.2, 0) is 10.6 Å². The number of hydrogen-bond donors (Lipinski definition) is 0. The number of ether oxygens (including phenoxy) is 1. The van der Waals surface area contributed by atoms with Gasteiger partial charge >= 0.3 is 0 Å². The number of aromatic nitrogens is 2. The zero-order valence-electron chi connectivity index (χ0n) is 10.4. The fraction of sp³-hybridized carbons (Fsp3) is 0.462. The predicted molar refractivity (Wildman–Crippen MR) is 76.0 cm³/mol. The van der Waals surface area contributed by atoms with E-state index < -0.39 is 0 Å². The Labute approximate surface area is 123 Å². The van der Waals surface area contributed by atoms with Crippen LogP contribution in [0.25, 0.3) is 11.0 Å². The van der Waals surface area contributed by atoms with Crippen molar-refractivity contribution in [3.8, 4) is 0 Å². The lowest BCUT2D eigenvalue weighted by atomic mass is 10.1. The van der Waals surface area contributed by atoms with Gasteiger partial charge in [0.1, 0.15) is 11.6 Å². The average Bonchev–Trinajstić information content (AvgIpc) is 2.93. The molecule has 0 spiro atoms. The number of hydrogen-bond acceptors (Lipinski definition) is 2. The summed E-state index contributed by atoms with van der Waals surface area (Å²) in [6.07, 6.45) is 1.04. The number of nitrogens with zero attached hydrogens (tertiary/aromatic N) is 2. The Bertz CT molecular complexity index is 631. The maximum absolute atomic E-state index is 13.6. The second kappa shape index (κ2) is 5.04. The van der Waals surface area contributed by atoms with Crippen LogP contribution < -0.4 is 0 Å². The van der Waals surface area contributed by atoms with E-state index >= 15 is 0 Å². The molecule has 2 heterocycles. The van der Waals surface area contributed by atoms with Crippen molar-refractivity contribution < 1.29 is 9.13 Å². The summed E-state index contributed by atoms with van der Waals surface area (Å²) in [5, 5.41) is 0. The van der Waals surface area contributed by atoms with Crippen molar-refractivity contribution in [2.24, 2.45) is 0 Å². The molecular formula is C13H13BrClFN2O. The second-order valence-electron chi connectivity index (χ2n) is 4.72. The van der Waals surface area contributed by atoms with Crippen molar-refractivity contribution in [1.82, 2.24) is 9.55 Å². The zero-order valence-corrected chi connectivity index (χ0v) is 12.7. The summed E-state index contributed by atoms with van der Waals surface area (Å²) in [6.45, 7) is 2.77. The van der Waals surface area contributed by atoms with Crippen LogP contribution in [0.15, 0.2) is 16.6 Å². The third-order valence-corrected chi connectivity index (χ3v) is 4.44. The van der Waals surface area contributed by atoms with Crippen molar-refractivity contribution >= 4 is 38.6 Å². The Hall–Kier alpha value is -0.650. The first-order valence-corrected chi connectivity index (χ1v) is 7.48. The van der Waals surface area contributed by atoms with Gasteiger partial charge in [-0.1, -0.05) is 0 Å². The maximum Gasteiger partial charge on any atom is 0.139 e. The molecule has 2 aromatic rings. The van der Waals surface area contributed by atoms with Crippen LogP contribution in [0, 0.1) is 5.82 Å². The predicted octanol–water partition coefficient (Wildman–Crippen LogP) is 4.03. The van der Waals surface area contributed by atoms with Crippen molar-refractivity contribution in [2.45, 2.75) is 31.4 Å². The molecule has 2 atom stereocenters. The van der Waals surface area contributed by atoms with Gasteiger partial charge in [0, 0.05) is 12.7 Å². The lowest BCUT2D eigenvalue weighted by Crippen LogP contribution is -2.18. The van der Waals surface area contributed by atoms with Crippen LogP contribution in [0.2, 0.25) is 0 Å². The summed E-state index contributed by atoms with van der Waals surface area (Å²) in [5.74, 6) is 0.752. The highest BCUT2D eigenvalue weighted by atomic mass is 79.9. The van der Waals surface area contributed by atoms with Gasteiger partial charge in [-0.25, -0.2) is 9.37 Å². The number of imidazole rings is 1. The number of rotatable bonds is 2. The van der Waals surface area contributed by atoms with E-state index in [9.17, 15) is 4.39 Å². The Kier molecular flexibility index (Phi) is 3.53. The van der Waals surface area contributed by atoms with E-state index in [0.29, 0.717) is 15.9 Å². The van der Waals surface area contributed by atoms with Gasteiger partial charge in [0.25, 0.3) is 0 Å². The highest BCUT2D eigenvalue weighted by Gasteiger charge is 2.29. The van der Waals surface area contributed by atoms with Crippen LogP contribution in [0.1, 0.15) is 25.2 Å². The zero-order chi connectivity index (χ0) is 13.6. The molecule has 1 aromatic carbocycles. The molecule has 2 unspecified atom stereocenters. The summed E-state index contributed by atoms with van der Waals surface area (Å²) in [4.78, 5) is 4.43. The quantitative estimate of drug-likeness (QED) is 0.767. The van der Waals surface area contributed by atoms with Gasteiger partial charge in [-0.2, -0.15) is 0 Å². The van der Waals surface area contributed by atoms with Crippen molar-refractivity contribution in [3.05, 3.63) is 28.2 Å². The summed E-state index contributed by atoms with van der Waals surface area (Å²) in [7, 11) is 0. The van der Waals surface area contributed by atoms with Gasteiger partial charge in [-0.3, -0.25) is 0 Å². The third kappa shape index (κ3) is 2.18. The van der Waals surface area contributed by atoms with Gasteiger partial charge < -0.3 is 9.30 Å². The van der Waals surface area contributed by atoms with Gasteiger partial charge in [0.15, 0.2) is 0 Å². The summed E-state index contributed by atoms with van der Waals surface area (Å²) < 4.78 is 21.7. The normalized spacial score (nSPS) is 23.4. The van der Waals surface area contributed by atoms with Gasteiger partial charge in [0.05, 0.1) is 33.5 Å². The number of fused-ring (bicyclic) bond motifs is 1. The van der Waals surface area contributed by atoms with E-state index in [1.54, 1.807) is 6.07 Å². The molecular weight excluding hydrogens is 335 g/mol. The molecule has 0 amide bonds. The van der Waals surface area contributed by atoms with E-state index in [0.717, 1.165) is 24.4 Å². The largest absolute Gasteiger partial charge is 0.376 e. The van der Waals surface area contributed by atoms with Crippen LogP contribution >= 0.6 is 27.5 Å². The summed E-state index contributed by atoms with van der Waals surface area (Å²) >= 11 is 9.20. The highest BCUT2D eigenvalue weighted by Crippen LogP contribution is 2.33. The first kappa shape index (κ1) is 13.3. The molecule has 19 heavy (non-hydrogen) atoms. The van der Waals surface area contributed by atoms with Crippen LogP contribution in [0.5, 0.6) is 0 Å². The minimum absolute atomic E-state index is 0.114. The second-order valence-corrected chi connectivity index (χ2v) is 5.84. The Morgan fingerprint density at radius 3 is 3.00 bits per heavy atom. The lowest BCUT2D eigenvalue weighted by molar-refractivity contribution is 0.108. The monoisotopic (exact) mass is 346 g/mol. The molecule has 102 valence electrons. The molecule has 1 fully saturated rings. The number of halogens is 3. The first-order chi connectivity index (χ1) is 9.11. The van der Waals surface area contributed by atoms with Crippen LogP contribution in [0.3, 0.4) is 0 Å². The number of alkyl halides is 1. The van der Waals surface area contributed by atoms with E-state index in [-0.39, 0.29) is 18.0 Å². The Morgan fingerprint density at radius 1 is 1.58 bits per heavy atom. The standard InChI is InChI=1S/C13H13BrClFN2O/c1-7-11(2-3-19-7)18-12-4-8(14)9(16)5-10(12)17-13(18)6-15/h4-5,7,11H,2-3,6H2,1H3. The van der Waals surface area contributed by atoms with Crippen molar-refractivity contribution in [2.75, 3.05) is 6.61 Å². The molecule has 0 aliphatic carbocycles. The third-order valence-electron chi connectivity index (χ3n) is 3.59. The molecule has 1 aliphatic heterocycles. The molecule has 0 N–H and O–H groups in total. The summed E-state index contributed by atoms with van der Waals surface area (Å²) in [6, 6.07) is 3.40. The van der Waals surface area contributed by atoms with E-state index in [1.807, 2.05) is 6.92 Å². The topological polar surface area (TPSA) is 27.1 Å². The van der Waals surface area contributed by atoms with Gasteiger partial charge in [-0.15, -0.1) is 11.6 Å². The highest BCUT2D eigenvalue weighted by molar-refractivity contribution is 9.10. The van der Waals surface area contributed by atoms with Crippen molar-refractivity contribution in [1.29, 1.82) is 0 Å². The average molecular weight is 348 g/mol. The van der Waals surface area contributed by atoms with Gasteiger partial charge in [-0.05, 0) is 35.3 Å². The lowest BCUT2D eigenvalue weighted by Gasteiger charge is -2.19. The van der Waals surface area contributed by atoms with Crippen LogP contribution in [-0.4, -0.2) is 22.3 Å². The SMILES string of the molecule is CC1OCCC1n1c(CCl)nc2cc(F)c(Br)cc21. The fourth-order valence-electron chi connectivity index (χ4n) is 2.66. The Morgan fingerprint density at radius 2 is 2.37 bits per heavy atom.